The summed E-state index contributed by atoms with van der Waals surface area (Å²) in [6.07, 6.45) is 2.41. The first-order chi connectivity index (χ1) is 18.1. The van der Waals surface area contributed by atoms with Crippen molar-refractivity contribution in [2.45, 2.75) is 26.4 Å². The summed E-state index contributed by atoms with van der Waals surface area (Å²) >= 11 is 0. The second kappa shape index (κ2) is 13.6. The van der Waals surface area contributed by atoms with Crippen molar-refractivity contribution in [1.29, 1.82) is 0 Å². The molecule has 0 aliphatic carbocycles. The fourth-order valence-electron chi connectivity index (χ4n) is 4.37. The van der Waals surface area contributed by atoms with Gasteiger partial charge >= 0.3 is 6.03 Å². The number of amides is 3. The Labute approximate surface area is 218 Å². The summed E-state index contributed by atoms with van der Waals surface area (Å²) in [5.74, 6) is 0.562. The lowest BCUT2D eigenvalue weighted by Crippen LogP contribution is -2.48. The topological polar surface area (TPSA) is 78.3 Å². The monoisotopic (exact) mass is 504 g/mol. The van der Waals surface area contributed by atoms with Crippen LogP contribution in [0, 0.1) is 0 Å². The van der Waals surface area contributed by atoms with Crippen LogP contribution in [0.3, 0.4) is 0 Å². The normalized spacial score (nSPS) is 13.8. The molecule has 0 radical (unpaired) electrons. The fraction of sp³-hybridized carbons (Fsp3) is 0.379. The first-order valence-corrected chi connectivity index (χ1v) is 12.9. The van der Waals surface area contributed by atoms with E-state index in [1.165, 1.54) is 0 Å². The predicted molar refractivity (Wildman–Crippen MR) is 143 cm³/mol. The Balaban J connectivity index is 1.50. The van der Waals surface area contributed by atoms with Crippen LogP contribution < -0.4 is 5.32 Å². The van der Waals surface area contributed by atoms with Crippen LogP contribution >= 0.6 is 0 Å². The molecular weight excluding hydrogens is 468 g/mol. The molecule has 2 heterocycles. The molecule has 0 saturated carbocycles. The van der Waals surface area contributed by atoms with E-state index in [0.29, 0.717) is 45.2 Å². The third-order valence-corrected chi connectivity index (χ3v) is 6.54. The zero-order valence-electron chi connectivity index (χ0n) is 21.5. The SMILES string of the molecule is CCc1ccccc1NC(=O)N(CCN1CCOCC1)CC(=O)N(Cc1ccccc1)Cc1ccco1. The smallest absolute Gasteiger partial charge is 0.322 e. The summed E-state index contributed by atoms with van der Waals surface area (Å²) in [6.45, 7) is 6.91. The molecule has 1 aliphatic heterocycles. The van der Waals surface area contributed by atoms with Crippen molar-refractivity contribution in [3.63, 3.8) is 0 Å². The van der Waals surface area contributed by atoms with Crippen LogP contribution in [-0.2, 0) is 29.0 Å². The van der Waals surface area contributed by atoms with E-state index in [1.807, 2.05) is 66.7 Å². The van der Waals surface area contributed by atoms with Gasteiger partial charge in [-0.3, -0.25) is 9.69 Å². The van der Waals surface area contributed by atoms with E-state index in [9.17, 15) is 9.59 Å². The van der Waals surface area contributed by atoms with Gasteiger partial charge in [0.15, 0.2) is 0 Å². The number of urea groups is 1. The van der Waals surface area contributed by atoms with Gasteiger partial charge in [-0.2, -0.15) is 0 Å². The molecule has 0 bridgehead atoms. The standard InChI is InChI=1S/C29H36N4O4/c1-2-25-11-6-7-13-27(25)30-29(35)32(15-14-31-16-19-36-20-17-31)23-28(34)33(22-26-12-8-18-37-26)21-24-9-4-3-5-10-24/h3-13,18H,2,14-17,19-23H2,1H3,(H,30,35). The van der Waals surface area contributed by atoms with Gasteiger partial charge < -0.3 is 24.3 Å². The fourth-order valence-corrected chi connectivity index (χ4v) is 4.37. The number of carbonyl (C=O) groups excluding carboxylic acids is 2. The second-order valence-electron chi connectivity index (χ2n) is 9.13. The van der Waals surface area contributed by atoms with Crippen LogP contribution in [0.15, 0.2) is 77.4 Å². The van der Waals surface area contributed by atoms with E-state index in [2.05, 4.69) is 17.1 Å². The molecule has 2 aromatic carbocycles. The number of hydrogen-bond acceptors (Lipinski definition) is 5. The van der Waals surface area contributed by atoms with E-state index in [4.69, 9.17) is 9.15 Å². The molecule has 1 saturated heterocycles. The maximum Gasteiger partial charge on any atom is 0.322 e. The van der Waals surface area contributed by atoms with Crippen molar-refractivity contribution < 1.29 is 18.7 Å². The Kier molecular flexibility index (Phi) is 9.74. The third-order valence-electron chi connectivity index (χ3n) is 6.54. The molecule has 8 heteroatoms. The largest absolute Gasteiger partial charge is 0.467 e. The van der Waals surface area contributed by atoms with E-state index >= 15 is 0 Å². The Morgan fingerprint density at radius 1 is 0.919 bits per heavy atom. The molecule has 0 spiro atoms. The molecule has 1 N–H and O–H groups in total. The van der Waals surface area contributed by atoms with E-state index in [-0.39, 0.29) is 18.5 Å². The highest BCUT2D eigenvalue weighted by Crippen LogP contribution is 2.17. The summed E-state index contributed by atoms with van der Waals surface area (Å²) < 4.78 is 11.0. The molecule has 196 valence electrons. The number of hydrogen-bond donors (Lipinski definition) is 1. The van der Waals surface area contributed by atoms with Crippen molar-refractivity contribution in [3.8, 4) is 0 Å². The maximum absolute atomic E-state index is 13.6. The summed E-state index contributed by atoms with van der Waals surface area (Å²) in [6, 6.07) is 21.0. The van der Waals surface area contributed by atoms with Gasteiger partial charge in [-0.1, -0.05) is 55.5 Å². The van der Waals surface area contributed by atoms with Gasteiger partial charge in [0.25, 0.3) is 0 Å². The molecule has 1 aliphatic rings. The van der Waals surface area contributed by atoms with Gasteiger partial charge in [-0.25, -0.2) is 4.79 Å². The lowest BCUT2D eigenvalue weighted by Gasteiger charge is -2.31. The maximum atomic E-state index is 13.6. The van der Waals surface area contributed by atoms with Gasteiger partial charge in [0.1, 0.15) is 12.3 Å². The molecule has 0 unspecified atom stereocenters. The van der Waals surface area contributed by atoms with Gasteiger partial charge in [0, 0.05) is 38.4 Å². The molecule has 0 atom stereocenters. The Morgan fingerprint density at radius 3 is 2.41 bits per heavy atom. The highest BCUT2D eigenvalue weighted by Gasteiger charge is 2.24. The second-order valence-corrected chi connectivity index (χ2v) is 9.13. The lowest BCUT2D eigenvalue weighted by atomic mass is 10.1. The predicted octanol–water partition coefficient (Wildman–Crippen LogP) is 4.24. The van der Waals surface area contributed by atoms with Crippen molar-refractivity contribution in [2.75, 3.05) is 51.3 Å². The molecule has 4 rings (SSSR count). The number of anilines is 1. The number of nitrogens with zero attached hydrogens (tertiary/aromatic N) is 3. The number of para-hydroxylation sites is 1. The molecule has 3 amide bonds. The summed E-state index contributed by atoms with van der Waals surface area (Å²) in [5.41, 5.74) is 2.85. The van der Waals surface area contributed by atoms with E-state index in [0.717, 1.165) is 36.3 Å². The van der Waals surface area contributed by atoms with Crippen LogP contribution in [0.4, 0.5) is 10.5 Å². The van der Waals surface area contributed by atoms with Crippen molar-refractivity contribution in [3.05, 3.63) is 89.9 Å². The number of aryl methyl sites for hydroxylation is 1. The Bertz CT molecular complexity index is 1110. The lowest BCUT2D eigenvalue weighted by molar-refractivity contribution is -0.133. The molecule has 1 fully saturated rings. The number of benzene rings is 2. The van der Waals surface area contributed by atoms with Crippen molar-refractivity contribution in [1.82, 2.24) is 14.7 Å². The number of rotatable bonds is 11. The van der Waals surface area contributed by atoms with Crippen LogP contribution in [0.5, 0.6) is 0 Å². The van der Waals surface area contributed by atoms with Crippen molar-refractivity contribution >= 4 is 17.6 Å². The zero-order valence-corrected chi connectivity index (χ0v) is 21.5. The van der Waals surface area contributed by atoms with Gasteiger partial charge in [-0.05, 0) is 35.7 Å². The minimum Gasteiger partial charge on any atom is -0.467 e. The average molecular weight is 505 g/mol. The van der Waals surface area contributed by atoms with Crippen LogP contribution in [-0.4, -0.2) is 72.6 Å². The van der Waals surface area contributed by atoms with Crippen LogP contribution in [0.25, 0.3) is 0 Å². The van der Waals surface area contributed by atoms with Gasteiger partial charge in [0.2, 0.25) is 5.91 Å². The zero-order chi connectivity index (χ0) is 25.9. The van der Waals surface area contributed by atoms with E-state index in [1.54, 1.807) is 16.1 Å². The number of furan rings is 1. The molecule has 8 nitrogen and oxygen atoms in total. The highest BCUT2D eigenvalue weighted by atomic mass is 16.5. The molecule has 3 aromatic rings. The molecule has 1 aromatic heterocycles. The summed E-state index contributed by atoms with van der Waals surface area (Å²) in [7, 11) is 0. The first-order valence-electron chi connectivity index (χ1n) is 12.9. The van der Waals surface area contributed by atoms with Crippen molar-refractivity contribution in [2.24, 2.45) is 0 Å². The van der Waals surface area contributed by atoms with Gasteiger partial charge in [0.05, 0.1) is 26.0 Å². The number of morpholine rings is 1. The average Bonchev–Trinajstić information content (AvgIpc) is 3.45. The van der Waals surface area contributed by atoms with Crippen LogP contribution in [0.2, 0.25) is 0 Å². The summed E-state index contributed by atoms with van der Waals surface area (Å²) in [5, 5.41) is 3.04. The van der Waals surface area contributed by atoms with Crippen LogP contribution in [0.1, 0.15) is 23.8 Å². The third kappa shape index (κ3) is 7.93. The van der Waals surface area contributed by atoms with Gasteiger partial charge in [-0.15, -0.1) is 0 Å². The highest BCUT2D eigenvalue weighted by molar-refractivity contribution is 5.93. The first kappa shape index (κ1) is 26.4. The minimum absolute atomic E-state index is 0.0298. The Morgan fingerprint density at radius 2 is 1.68 bits per heavy atom. The number of carbonyl (C=O) groups is 2. The summed E-state index contributed by atoms with van der Waals surface area (Å²) in [4.78, 5) is 32.7. The minimum atomic E-state index is -0.278. The molecular formula is C29H36N4O4. The number of ether oxygens (including phenoxy) is 1. The van der Waals surface area contributed by atoms with E-state index < -0.39 is 0 Å². The number of nitrogens with one attached hydrogen (secondary N) is 1. The quantitative estimate of drug-likeness (QED) is 0.423. The molecule has 37 heavy (non-hydrogen) atoms. The Hall–Kier alpha value is -3.62.